The van der Waals surface area contributed by atoms with Gasteiger partial charge in [-0.25, -0.2) is 9.97 Å². The van der Waals surface area contributed by atoms with Crippen molar-refractivity contribution in [2.24, 2.45) is 0 Å². The zero-order chi connectivity index (χ0) is 14.5. The lowest BCUT2D eigenvalue weighted by molar-refractivity contribution is -0.385. The highest BCUT2D eigenvalue weighted by Crippen LogP contribution is 2.30. The highest BCUT2D eigenvalue weighted by atomic mass is 16.6. The maximum Gasteiger partial charge on any atom is 0.316 e. The van der Waals surface area contributed by atoms with Gasteiger partial charge in [0.15, 0.2) is 5.69 Å². The highest BCUT2D eigenvalue weighted by Gasteiger charge is 2.23. The second-order valence-corrected chi connectivity index (χ2v) is 4.26. The summed E-state index contributed by atoms with van der Waals surface area (Å²) >= 11 is 0. The normalized spacial score (nSPS) is 10.3. The smallest absolute Gasteiger partial charge is 0.316 e. The van der Waals surface area contributed by atoms with Crippen molar-refractivity contribution >= 4 is 11.6 Å². The van der Waals surface area contributed by atoms with Gasteiger partial charge < -0.3 is 5.32 Å². The van der Waals surface area contributed by atoms with E-state index in [0.717, 1.165) is 6.42 Å². The number of nitro groups is 1. The Hall–Kier alpha value is -2.57. The van der Waals surface area contributed by atoms with Crippen LogP contribution in [0.3, 0.4) is 0 Å². The maximum atomic E-state index is 11.2. The summed E-state index contributed by atoms with van der Waals surface area (Å²) in [7, 11) is 0. The first kappa shape index (κ1) is 13.9. The summed E-state index contributed by atoms with van der Waals surface area (Å²) in [5.41, 5.74) is 1.14. The van der Waals surface area contributed by atoms with Gasteiger partial charge in [0.25, 0.3) is 0 Å². The molecule has 0 fully saturated rings. The van der Waals surface area contributed by atoms with Crippen molar-refractivity contribution in [3.63, 3.8) is 0 Å². The summed E-state index contributed by atoms with van der Waals surface area (Å²) in [5.74, 6) is 0.397. The van der Waals surface area contributed by atoms with Crippen LogP contribution in [0.15, 0.2) is 24.5 Å². The molecule has 0 saturated heterocycles. The van der Waals surface area contributed by atoms with Crippen molar-refractivity contribution in [3.05, 3.63) is 40.3 Å². The van der Waals surface area contributed by atoms with Crippen molar-refractivity contribution in [1.82, 2.24) is 15.0 Å². The van der Waals surface area contributed by atoms with Crippen LogP contribution < -0.4 is 5.32 Å². The van der Waals surface area contributed by atoms with E-state index < -0.39 is 4.92 Å². The van der Waals surface area contributed by atoms with Crippen LogP contribution >= 0.6 is 0 Å². The van der Waals surface area contributed by atoms with Crippen molar-refractivity contribution < 1.29 is 4.92 Å². The Kier molecular flexibility index (Phi) is 4.19. The summed E-state index contributed by atoms with van der Waals surface area (Å²) in [4.78, 5) is 23.1. The Morgan fingerprint density at radius 2 is 2.20 bits per heavy atom. The molecule has 20 heavy (non-hydrogen) atoms. The molecule has 0 aliphatic rings. The van der Waals surface area contributed by atoms with Gasteiger partial charge in [0.05, 0.1) is 4.92 Å². The Morgan fingerprint density at radius 3 is 2.80 bits per heavy atom. The van der Waals surface area contributed by atoms with E-state index in [-0.39, 0.29) is 11.4 Å². The Morgan fingerprint density at radius 1 is 1.40 bits per heavy atom. The molecule has 2 aromatic heterocycles. The molecule has 1 N–H and O–H groups in total. The molecule has 104 valence electrons. The first-order valence-electron chi connectivity index (χ1n) is 6.30. The van der Waals surface area contributed by atoms with E-state index in [2.05, 4.69) is 20.3 Å². The number of aromatic nitrogens is 3. The predicted octanol–water partition coefficient (Wildman–Crippen LogP) is 2.58. The average Bonchev–Trinajstić information content (AvgIpc) is 2.45. The Balaban J connectivity index is 2.56. The zero-order valence-corrected chi connectivity index (χ0v) is 11.3. The van der Waals surface area contributed by atoms with Gasteiger partial charge in [0, 0.05) is 24.5 Å². The van der Waals surface area contributed by atoms with Gasteiger partial charge in [-0.1, -0.05) is 6.92 Å². The van der Waals surface area contributed by atoms with E-state index in [4.69, 9.17) is 0 Å². The van der Waals surface area contributed by atoms with Crippen LogP contribution in [-0.2, 0) is 0 Å². The summed E-state index contributed by atoms with van der Waals surface area (Å²) < 4.78 is 0. The van der Waals surface area contributed by atoms with Crippen LogP contribution in [0.5, 0.6) is 0 Å². The lowest BCUT2D eigenvalue weighted by Crippen LogP contribution is -2.08. The fraction of sp³-hybridized carbons (Fsp3) is 0.308. The summed E-state index contributed by atoms with van der Waals surface area (Å²) in [6.07, 6.45) is 4.08. The Labute approximate surface area is 116 Å². The van der Waals surface area contributed by atoms with E-state index in [9.17, 15) is 10.1 Å². The minimum absolute atomic E-state index is 0.0833. The number of nitrogens with one attached hydrogen (secondary N) is 1. The topological polar surface area (TPSA) is 93.8 Å². The van der Waals surface area contributed by atoms with Crippen molar-refractivity contribution in [2.45, 2.75) is 20.3 Å². The second-order valence-electron chi connectivity index (χ2n) is 4.26. The fourth-order valence-corrected chi connectivity index (χ4v) is 1.81. The van der Waals surface area contributed by atoms with Gasteiger partial charge >= 0.3 is 5.69 Å². The van der Waals surface area contributed by atoms with Gasteiger partial charge in [-0.2, -0.15) is 0 Å². The molecule has 0 atom stereocenters. The number of hydrogen-bond donors (Lipinski definition) is 1. The third-order valence-electron chi connectivity index (χ3n) is 2.71. The van der Waals surface area contributed by atoms with Crippen LogP contribution in [0.1, 0.15) is 19.0 Å². The number of rotatable bonds is 5. The fourth-order valence-electron chi connectivity index (χ4n) is 1.81. The molecule has 0 radical (unpaired) electrons. The minimum Gasteiger partial charge on any atom is -0.354 e. The standard InChI is InChI=1S/C13H15N5O2/c1-3-6-15-13-16-9(2)12(18(19)20)11(17-13)10-5-4-7-14-8-10/h4-5,7-8H,3,6H2,1-2H3,(H,15,16,17). The lowest BCUT2D eigenvalue weighted by Gasteiger charge is -2.08. The molecule has 2 rings (SSSR count). The molecule has 0 bridgehead atoms. The number of anilines is 1. The molecule has 7 nitrogen and oxygen atoms in total. The predicted molar refractivity (Wildman–Crippen MR) is 75.4 cm³/mol. The van der Waals surface area contributed by atoms with E-state index in [1.807, 2.05) is 6.92 Å². The first-order chi connectivity index (χ1) is 9.63. The molecule has 0 saturated carbocycles. The molecule has 7 heteroatoms. The zero-order valence-electron chi connectivity index (χ0n) is 11.3. The minimum atomic E-state index is -0.457. The van der Waals surface area contributed by atoms with E-state index in [0.29, 0.717) is 23.8 Å². The molecule has 2 aromatic rings. The van der Waals surface area contributed by atoms with Gasteiger partial charge in [-0.05, 0) is 25.5 Å². The van der Waals surface area contributed by atoms with Gasteiger partial charge in [-0.15, -0.1) is 0 Å². The second kappa shape index (κ2) is 6.05. The molecule has 0 spiro atoms. The average molecular weight is 273 g/mol. The molecule has 0 aliphatic carbocycles. The van der Waals surface area contributed by atoms with Crippen molar-refractivity contribution in [1.29, 1.82) is 0 Å². The number of pyridine rings is 1. The lowest BCUT2D eigenvalue weighted by atomic mass is 10.1. The van der Waals surface area contributed by atoms with Crippen LogP contribution in [0, 0.1) is 17.0 Å². The first-order valence-corrected chi connectivity index (χ1v) is 6.30. The molecule has 0 amide bonds. The molecular formula is C13H15N5O2. The molecular weight excluding hydrogens is 258 g/mol. The van der Waals surface area contributed by atoms with E-state index in [1.165, 1.54) is 0 Å². The highest BCUT2D eigenvalue weighted by molar-refractivity contribution is 5.71. The van der Waals surface area contributed by atoms with Crippen LogP contribution in [0.2, 0.25) is 0 Å². The molecule has 0 aliphatic heterocycles. The quantitative estimate of drug-likeness (QED) is 0.664. The van der Waals surface area contributed by atoms with E-state index in [1.54, 1.807) is 31.5 Å². The summed E-state index contributed by atoms with van der Waals surface area (Å²) in [6.45, 7) is 4.34. The maximum absolute atomic E-state index is 11.2. The van der Waals surface area contributed by atoms with Gasteiger partial charge in [-0.3, -0.25) is 15.1 Å². The molecule has 0 unspecified atom stereocenters. The number of nitrogens with zero attached hydrogens (tertiary/aromatic N) is 4. The van der Waals surface area contributed by atoms with Crippen LogP contribution in [0.4, 0.5) is 11.6 Å². The SMILES string of the molecule is CCCNc1nc(C)c([N+](=O)[O-])c(-c2cccnc2)n1. The van der Waals surface area contributed by atoms with Crippen molar-refractivity contribution in [3.8, 4) is 11.3 Å². The van der Waals surface area contributed by atoms with Gasteiger partial charge in [0.1, 0.15) is 5.69 Å². The third kappa shape index (κ3) is 2.87. The molecule has 0 aromatic carbocycles. The number of hydrogen-bond acceptors (Lipinski definition) is 6. The monoisotopic (exact) mass is 273 g/mol. The Bertz CT molecular complexity index is 616. The summed E-state index contributed by atoms with van der Waals surface area (Å²) in [6, 6.07) is 3.46. The van der Waals surface area contributed by atoms with Crippen LogP contribution in [-0.4, -0.2) is 26.4 Å². The van der Waals surface area contributed by atoms with Gasteiger partial charge in [0.2, 0.25) is 5.95 Å². The third-order valence-corrected chi connectivity index (χ3v) is 2.71. The van der Waals surface area contributed by atoms with E-state index >= 15 is 0 Å². The largest absolute Gasteiger partial charge is 0.354 e. The molecule has 2 heterocycles. The summed E-state index contributed by atoms with van der Waals surface area (Å²) in [5, 5.41) is 14.3. The van der Waals surface area contributed by atoms with Crippen LogP contribution in [0.25, 0.3) is 11.3 Å². The number of aryl methyl sites for hydroxylation is 1. The van der Waals surface area contributed by atoms with Crippen molar-refractivity contribution in [2.75, 3.05) is 11.9 Å².